The van der Waals surface area contributed by atoms with E-state index in [1.807, 2.05) is 0 Å². The molecule has 2 aliphatic rings. The van der Waals surface area contributed by atoms with Gasteiger partial charge in [0.15, 0.2) is 0 Å². The van der Waals surface area contributed by atoms with Gasteiger partial charge < -0.3 is 9.30 Å². The summed E-state index contributed by atoms with van der Waals surface area (Å²) in [6, 6.07) is 69.9. The van der Waals surface area contributed by atoms with Gasteiger partial charge in [-0.05, 0) is 64.4 Å². The van der Waals surface area contributed by atoms with E-state index in [1.165, 1.54) is 49.4 Å². The molecule has 5 nitrogen and oxygen atoms in total. The monoisotopic (exact) mass is 764 g/mol. The van der Waals surface area contributed by atoms with E-state index < -0.39 is 5.41 Å². The van der Waals surface area contributed by atoms with E-state index in [0.717, 1.165) is 66.6 Å². The summed E-state index contributed by atoms with van der Waals surface area (Å²) in [5, 5.41) is 8.13. The highest BCUT2D eigenvalue weighted by atomic mass is 16.5. The van der Waals surface area contributed by atoms with Crippen LogP contribution in [0.25, 0.3) is 88.2 Å². The van der Waals surface area contributed by atoms with Gasteiger partial charge in [0.05, 0.1) is 44.4 Å². The third kappa shape index (κ3) is 4.01. The van der Waals surface area contributed by atoms with Crippen molar-refractivity contribution in [2.75, 3.05) is 0 Å². The first-order chi connectivity index (χ1) is 29.8. The maximum atomic E-state index is 7.10. The van der Waals surface area contributed by atoms with Crippen LogP contribution < -0.4 is 4.74 Å². The lowest BCUT2D eigenvalue weighted by atomic mass is 9.61. The summed E-state index contributed by atoms with van der Waals surface area (Å²) in [4.78, 5) is 10.8. The Morgan fingerprint density at radius 3 is 1.95 bits per heavy atom. The molecule has 0 fully saturated rings. The first-order valence-corrected chi connectivity index (χ1v) is 20.5. The Morgan fingerprint density at radius 2 is 1.07 bits per heavy atom. The summed E-state index contributed by atoms with van der Waals surface area (Å²) >= 11 is 0. The van der Waals surface area contributed by atoms with Crippen molar-refractivity contribution >= 4 is 65.3 Å². The Kier molecular flexibility index (Phi) is 6.16. The molecule has 1 unspecified atom stereocenters. The Labute approximate surface area is 344 Å². The average molecular weight is 765 g/mol. The second-order valence-electron chi connectivity index (χ2n) is 16.1. The molecule has 5 heterocycles. The zero-order valence-electron chi connectivity index (χ0n) is 32.2. The van der Waals surface area contributed by atoms with Gasteiger partial charge in [0.25, 0.3) is 0 Å². The number of hydrogen-bond acceptors (Lipinski definition) is 3. The fraction of sp³-hybridized carbons (Fsp3) is 0.0182. The molecule has 0 saturated carbocycles. The maximum absolute atomic E-state index is 7.10. The number of benzene rings is 9. The van der Waals surface area contributed by atoms with Gasteiger partial charge in [-0.1, -0.05) is 146 Å². The molecule has 0 radical (unpaired) electrons. The molecular weight excluding hydrogens is 733 g/mol. The van der Waals surface area contributed by atoms with E-state index in [9.17, 15) is 0 Å². The highest BCUT2D eigenvalue weighted by Crippen LogP contribution is 2.61. The van der Waals surface area contributed by atoms with Gasteiger partial charge in [0, 0.05) is 49.7 Å². The standard InChI is InChI=1S/C55H32N4O/c1-2-15-34-30-35(29-28-33(34)14-1)52-39-18-3-8-23-45(39)56-54(57-52)59-47-25-10-5-17-37(47)40-31-44-51(32-49(40)59)60-50-27-12-7-21-42(50)55(44)41-20-6-11-26-48(41)58-46-24-9-4-16-36(46)38-19-13-22-43(55)53(38)58/h1-32H. The van der Waals surface area contributed by atoms with Crippen LogP contribution in [0.4, 0.5) is 0 Å². The number of aromatic nitrogens is 4. The largest absolute Gasteiger partial charge is 0.457 e. The van der Waals surface area contributed by atoms with Crippen LogP contribution in [0.3, 0.4) is 0 Å². The number of fused-ring (bicyclic) bond motifs is 16. The van der Waals surface area contributed by atoms with Crippen LogP contribution in [0.5, 0.6) is 11.5 Å². The van der Waals surface area contributed by atoms with Gasteiger partial charge in [-0.2, -0.15) is 0 Å². The van der Waals surface area contributed by atoms with E-state index in [1.54, 1.807) is 0 Å². The zero-order valence-corrected chi connectivity index (χ0v) is 32.2. The molecule has 9 aromatic carbocycles. The Bertz CT molecular complexity index is 3840. The number of nitrogens with zero attached hydrogens (tertiary/aromatic N) is 4. The fourth-order valence-electron chi connectivity index (χ4n) is 10.7. The normalized spacial score (nSPS) is 15.2. The molecular formula is C55H32N4O. The lowest BCUT2D eigenvalue weighted by Crippen LogP contribution is -2.37. The summed E-state index contributed by atoms with van der Waals surface area (Å²) in [7, 11) is 0. The van der Waals surface area contributed by atoms with Crippen molar-refractivity contribution < 1.29 is 4.74 Å². The minimum absolute atomic E-state index is 0.617. The summed E-state index contributed by atoms with van der Waals surface area (Å²) < 4.78 is 11.8. The van der Waals surface area contributed by atoms with E-state index in [2.05, 4.69) is 203 Å². The number of rotatable bonds is 2. The highest BCUT2D eigenvalue weighted by molar-refractivity contribution is 6.14. The van der Waals surface area contributed by atoms with Crippen molar-refractivity contribution in [2.45, 2.75) is 5.41 Å². The van der Waals surface area contributed by atoms with Gasteiger partial charge in [0.1, 0.15) is 11.5 Å². The molecule has 1 atom stereocenters. The predicted molar refractivity (Wildman–Crippen MR) is 243 cm³/mol. The topological polar surface area (TPSA) is 44.9 Å². The average Bonchev–Trinajstić information content (AvgIpc) is 3.82. The maximum Gasteiger partial charge on any atom is 0.235 e. The number of para-hydroxylation sites is 6. The Hall–Kier alpha value is -8.02. The van der Waals surface area contributed by atoms with Crippen LogP contribution in [-0.4, -0.2) is 19.1 Å². The molecule has 278 valence electrons. The molecule has 5 heteroatoms. The molecule has 2 aliphatic heterocycles. The summed E-state index contributed by atoms with van der Waals surface area (Å²) in [6.07, 6.45) is 0. The fourth-order valence-corrected chi connectivity index (χ4v) is 10.7. The lowest BCUT2D eigenvalue weighted by Gasteiger charge is -2.45. The third-order valence-corrected chi connectivity index (χ3v) is 13.2. The van der Waals surface area contributed by atoms with Gasteiger partial charge in [-0.15, -0.1) is 0 Å². The molecule has 3 aromatic heterocycles. The molecule has 0 saturated heterocycles. The summed E-state index contributed by atoms with van der Waals surface area (Å²) in [5.41, 5.74) is 12.5. The van der Waals surface area contributed by atoms with Crippen molar-refractivity contribution in [3.8, 4) is 34.4 Å². The van der Waals surface area contributed by atoms with E-state index in [4.69, 9.17) is 14.7 Å². The third-order valence-electron chi connectivity index (χ3n) is 13.2. The Morgan fingerprint density at radius 1 is 0.400 bits per heavy atom. The van der Waals surface area contributed by atoms with Crippen LogP contribution in [0.2, 0.25) is 0 Å². The van der Waals surface area contributed by atoms with E-state index >= 15 is 0 Å². The van der Waals surface area contributed by atoms with Gasteiger partial charge >= 0.3 is 0 Å². The lowest BCUT2D eigenvalue weighted by molar-refractivity contribution is 0.434. The Balaban J connectivity index is 1.10. The second kappa shape index (κ2) is 11.6. The molecule has 14 rings (SSSR count). The first-order valence-electron chi connectivity index (χ1n) is 20.5. The van der Waals surface area contributed by atoms with Gasteiger partial charge in [0.2, 0.25) is 5.95 Å². The van der Waals surface area contributed by atoms with Crippen molar-refractivity contribution in [3.05, 3.63) is 216 Å². The minimum Gasteiger partial charge on any atom is -0.457 e. The highest BCUT2D eigenvalue weighted by Gasteiger charge is 2.50. The minimum atomic E-state index is -0.676. The predicted octanol–water partition coefficient (Wildman–Crippen LogP) is 13.4. The van der Waals surface area contributed by atoms with E-state index in [-0.39, 0.29) is 0 Å². The molecule has 0 bridgehead atoms. The van der Waals surface area contributed by atoms with E-state index in [0.29, 0.717) is 5.95 Å². The summed E-state index contributed by atoms with van der Waals surface area (Å²) in [6.45, 7) is 0. The van der Waals surface area contributed by atoms with Gasteiger partial charge in [-0.3, -0.25) is 4.57 Å². The quantitative estimate of drug-likeness (QED) is 0.176. The van der Waals surface area contributed by atoms with Crippen LogP contribution in [0, 0.1) is 0 Å². The van der Waals surface area contributed by atoms with Crippen molar-refractivity contribution in [1.82, 2.24) is 19.1 Å². The second-order valence-corrected chi connectivity index (χ2v) is 16.1. The molecule has 1 spiro atoms. The van der Waals surface area contributed by atoms with Gasteiger partial charge in [-0.25, -0.2) is 9.97 Å². The van der Waals surface area contributed by atoms with Crippen molar-refractivity contribution in [3.63, 3.8) is 0 Å². The van der Waals surface area contributed by atoms with Crippen LogP contribution in [0.1, 0.15) is 22.3 Å². The molecule has 60 heavy (non-hydrogen) atoms. The first kappa shape index (κ1) is 32.0. The molecule has 0 aliphatic carbocycles. The number of hydrogen-bond donors (Lipinski definition) is 0. The smallest absolute Gasteiger partial charge is 0.235 e. The molecule has 0 N–H and O–H groups in total. The van der Waals surface area contributed by atoms with Crippen LogP contribution >= 0.6 is 0 Å². The van der Waals surface area contributed by atoms with Crippen LogP contribution in [0.15, 0.2) is 194 Å². The van der Waals surface area contributed by atoms with Crippen LogP contribution in [-0.2, 0) is 5.41 Å². The zero-order chi connectivity index (χ0) is 39.1. The van der Waals surface area contributed by atoms with Crippen molar-refractivity contribution in [2.24, 2.45) is 0 Å². The molecule has 0 amide bonds. The number of ether oxygens (including phenoxy) is 1. The molecule has 12 aromatic rings. The van der Waals surface area contributed by atoms with Crippen molar-refractivity contribution in [1.29, 1.82) is 0 Å². The summed E-state index contributed by atoms with van der Waals surface area (Å²) in [5.74, 6) is 2.28. The SMILES string of the molecule is c1ccc2c(c1)Oc1cc3c(cc1C21c2ccccc2-n2c4ccccc4c4cccc1c42)c1ccccc1n3-c1nc(-c2ccc3ccccc3c2)c2ccccc2n1.